The number of thiazole rings is 1. The van der Waals surface area contributed by atoms with E-state index < -0.39 is 10.0 Å². The molecule has 6 nitrogen and oxygen atoms in total. The monoisotopic (exact) mass is 449 g/mol. The van der Waals surface area contributed by atoms with Crippen LogP contribution in [0.25, 0.3) is 10.2 Å². The van der Waals surface area contributed by atoms with Crippen LogP contribution in [0.4, 0.5) is 10.8 Å². The quantitative estimate of drug-likeness (QED) is 0.445. The Morgan fingerprint density at radius 1 is 1.00 bits per heavy atom. The lowest BCUT2D eigenvalue weighted by Crippen LogP contribution is -2.11. The molecule has 2 heterocycles. The Kier molecular flexibility index (Phi) is 5.07. The van der Waals surface area contributed by atoms with Gasteiger partial charge >= 0.3 is 0 Å². The van der Waals surface area contributed by atoms with Crippen molar-refractivity contribution in [2.45, 2.75) is 4.21 Å². The number of carbonyl (C=O) groups is 1. The van der Waals surface area contributed by atoms with Gasteiger partial charge in [0.25, 0.3) is 15.9 Å². The largest absolute Gasteiger partial charge is 0.322 e. The van der Waals surface area contributed by atoms with Gasteiger partial charge in [0.2, 0.25) is 0 Å². The number of fused-ring (bicyclic) bond motifs is 1. The number of carbonyl (C=O) groups excluding carboxylic acids is 1. The third-order valence-electron chi connectivity index (χ3n) is 3.72. The highest BCUT2D eigenvalue weighted by molar-refractivity contribution is 7.95. The van der Waals surface area contributed by atoms with Crippen molar-refractivity contribution in [3.8, 4) is 0 Å². The van der Waals surface area contributed by atoms with Crippen LogP contribution >= 0.6 is 34.3 Å². The third-order valence-corrected chi connectivity index (χ3v) is 7.84. The second-order valence-electron chi connectivity index (χ2n) is 5.69. The molecule has 0 aliphatic heterocycles. The van der Waals surface area contributed by atoms with Gasteiger partial charge in [-0.2, -0.15) is 0 Å². The lowest BCUT2D eigenvalue weighted by molar-refractivity contribution is 0.102. The molecule has 0 unspecified atom stereocenters. The first-order valence-corrected chi connectivity index (χ1v) is 11.5. The zero-order chi connectivity index (χ0) is 19.7. The Labute approximate surface area is 173 Å². The highest BCUT2D eigenvalue weighted by atomic mass is 35.5. The number of nitrogens with one attached hydrogen (secondary N) is 2. The first-order valence-electron chi connectivity index (χ1n) is 7.96. The molecule has 0 fully saturated rings. The normalized spacial score (nSPS) is 11.5. The van der Waals surface area contributed by atoms with E-state index in [4.69, 9.17) is 11.6 Å². The van der Waals surface area contributed by atoms with E-state index in [9.17, 15) is 13.2 Å². The molecule has 0 aliphatic carbocycles. The summed E-state index contributed by atoms with van der Waals surface area (Å²) < 4.78 is 28.5. The first kappa shape index (κ1) is 18.9. The molecule has 10 heteroatoms. The van der Waals surface area contributed by atoms with E-state index in [2.05, 4.69) is 15.0 Å². The van der Waals surface area contributed by atoms with Gasteiger partial charge in [0.1, 0.15) is 4.21 Å². The SMILES string of the molecule is O=C(Nc1ccc2nc(NS(=O)(=O)c3ccc(Cl)s3)sc2c1)c1ccccc1. The zero-order valence-corrected chi connectivity index (χ0v) is 17.3. The summed E-state index contributed by atoms with van der Waals surface area (Å²) in [6, 6.07) is 17.1. The van der Waals surface area contributed by atoms with E-state index in [1.54, 1.807) is 42.5 Å². The van der Waals surface area contributed by atoms with Crippen molar-refractivity contribution < 1.29 is 13.2 Å². The van der Waals surface area contributed by atoms with Crippen molar-refractivity contribution in [1.82, 2.24) is 4.98 Å². The number of rotatable bonds is 5. The molecule has 1 amide bonds. The van der Waals surface area contributed by atoms with Gasteiger partial charge in [-0.25, -0.2) is 13.4 Å². The maximum absolute atomic E-state index is 12.4. The number of amides is 1. The molecule has 0 atom stereocenters. The molecule has 0 spiro atoms. The minimum Gasteiger partial charge on any atom is -0.322 e. The summed E-state index contributed by atoms with van der Waals surface area (Å²) >= 11 is 7.97. The Morgan fingerprint density at radius 2 is 1.79 bits per heavy atom. The fraction of sp³-hybridized carbons (Fsp3) is 0. The molecule has 2 aromatic heterocycles. The van der Waals surface area contributed by atoms with Crippen molar-refractivity contribution in [2.75, 3.05) is 10.0 Å². The Bertz CT molecular complexity index is 1270. The summed E-state index contributed by atoms with van der Waals surface area (Å²) in [4.78, 5) is 16.6. The zero-order valence-electron chi connectivity index (χ0n) is 14.0. The van der Waals surface area contributed by atoms with Crippen LogP contribution in [-0.4, -0.2) is 19.3 Å². The van der Waals surface area contributed by atoms with Crippen molar-refractivity contribution in [3.63, 3.8) is 0 Å². The highest BCUT2D eigenvalue weighted by Gasteiger charge is 2.19. The molecule has 0 saturated carbocycles. The maximum atomic E-state index is 12.4. The lowest BCUT2D eigenvalue weighted by Gasteiger charge is -2.04. The molecular weight excluding hydrogens is 438 g/mol. The minimum atomic E-state index is -3.74. The van der Waals surface area contributed by atoms with Crippen LogP contribution in [0.2, 0.25) is 4.34 Å². The van der Waals surface area contributed by atoms with E-state index in [0.717, 1.165) is 16.0 Å². The summed E-state index contributed by atoms with van der Waals surface area (Å²) in [5.74, 6) is -0.222. The molecule has 0 aliphatic rings. The van der Waals surface area contributed by atoms with Crippen LogP contribution in [0.5, 0.6) is 0 Å². The molecular formula is C18H12ClN3O3S3. The topological polar surface area (TPSA) is 88.2 Å². The molecule has 142 valence electrons. The van der Waals surface area contributed by atoms with E-state index in [-0.39, 0.29) is 15.2 Å². The fourth-order valence-electron chi connectivity index (χ4n) is 2.45. The molecule has 0 bridgehead atoms. The van der Waals surface area contributed by atoms with Crippen molar-refractivity contribution >= 4 is 71.2 Å². The van der Waals surface area contributed by atoms with Gasteiger partial charge in [-0.05, 0) is 42.5 Å². The molecule has 28 heavy (non-hydrogen) atoms. The number of halogens is 1. The molecule has 0 saturated heterocycles. The number of aromatic nitrogens is 1. The number of sulfonamides is 1. The number of thiophene rings is 1. The van der Waals surface area contributed by atoms with Gasteiger partial charge in [-0.3, -0.25) is 9.52 Å². The summed E-state index contributed by atoms with van der Waals surface area (Å²) in [5, 5.41) is 3.07. The van der Waals surface area contributed by atoms with Gasteiger partial charge < -0.3 is 5.32 Å². The van der Waals surface area contributed by atoms with E-state index in [0.29, 0.717) is 21.1 Å². The fourth-order valence-corrected chi connectivity index (χ4v) is 6.07. The summed E-state index contributed by atoms with van der Waals surface area (Å²) in [5.41, 5.74) is 1.78. The third kappa shape index (κ3) is 4.02. The van der Waals surface area contributed by atoms with Crippen molar-refractivity contribution in [1.29, 1.82) is 0 Å². The van der Waals surface area contributed by atoms with E-state index >= 15 is 0 Å². The van der Waals surface area contributed by atoms with Crippen molar-refractivity contribution in [3.05, 3.63) is 70.6 Å². The van der Waals surface area contributed by atoms with Gasteiger partial charge in [-0.1, -0.05) is 41.1 Å². The van der Waals surface area contributed by atoms with Gasteiger partial charge in [-0.15, -0.1) is 11.3 Å². The molecule has 4 aromatic rings. The van der Waals surface area contributed by atoms with Gasteiger partial charge in [0, 0.05) is 11.3 Å². The molecule has 2 aromatic carbocycles. The highest BCUT2D eigenvalue weighted by Crippen LogP contribution is 2.32. The Hall–Kier alpha value is -2.46. The summed E-state index contributed by atoms with van der Waals surface area (Å²) in [7, 11) is -3.74. The van der Waals surface area contributed by atoms with Crippen LogP contribution < -0.4 is 10.0 Å². The Balaban J connectivity index is 1.56. The average molecular weight is 450 g/mol. The number of benzene rings is 2. The van der Waals surface area contributed by atoms with Gasteiger partial charge in [0.05, 0.1) is 14.6 Å². The van der Waals surface area contributed by atoms with Gasteiger partial charge in [0.15, 0.2) is 5.13 Å². The van der Waals surface area contributed by atoms with Crippen LogP contribution in [0.3, 0.4) is 0 Å². The number of hydrogen-bond donors (Lipinski definition) is 2. The van der Waals surface area contributed by atoms with Crippen LogP contribution in [0.1, 0.15) is 10.4 Å². The van der Waals surface area contributed by atoms with Crippen LogP contribution in [0, 0.1) is 0 Å². The molecule has 4 rings (SSSR count). The second-order valence-corrected chi connectivity index (χ2v) is 10.3. The molecule has 2 N–H and O–H groups in total. The predicted octanol–water partition coefficient (Wildman–Crippen LogP) is 5.06. The number of anilines is 2. The van der Waals surface area contributed by atoms with Crippen LogP contribution in [-0.2, 0) is 10.0 Å². The smallest absolute Gasteiger partial charge is 0.273 e. The van der Waals surface area contributed by atoms with Crippen molar-refractivity contribution in [2.24, 2.45) is 0 Å². The number of nitrogens with zero attached hydrogens (tertiary/aromatic N) is 1. The Morgan fingerprint density at radius 3 is 2.50 bits per heavy atom. The first-order chi connectivity index (χ1) is 13.4. The summed E-state index contributed by atoms with van der Waals surface area (Å²) in [6.45, 7) is 0. The van der Waals surface area contributed by atoms with E-state index in [1.807, 2.05) is 6.07 Å². The molecule has 0 radical (unpaired) electrons. The minimum absolute atomic E-state index is 0.118. The number of hydrogen-bond acceptors (Lipinski definition) is 6. The average Bonchev–Trinajstić information content (AvgIpc) is 3.27. The van der Waals surface area contributed by atoms with Crippen LogP contribution in [0.15, 0.2) is 64.9 Å². The lowest BCUT2D eigenvalue weighted by atomic mass is 10.2. The maximum Gasteiger partial charge on any atom is 0.273 e. The summed E-state index contributed by atoms with van der Waals surface area (Å²) in [6.07, 6.45) is 0. The predicted molar refractivity (Wildman–Crippen MR) is 114 cm³/mol. The second kappa shape index (κ2) is 7.51. The standard InChI is InChI=1S/C18H12ClN3O3S3/c19-15-8-9-16(27-15)28(24,25)22-18-21-13-7-6-12(10-14(13)26-18)20-17(23)11-4-2-1-3-5-11/h1-10H,(H,20,23)(H,21,22). The van der Waals surface area contributed by atoms with E-state index in [1.165, 1.54) is 23.5 Å².